The highest BCUT2D eigenvalue weighted by Gasteiger charge is 2.53. The average Bonchev–Trinajstić information content (AvgIpc) is 3.95. The predicted molar refractivity (Wildman–Crippen MR) is 226 cm³/mol. The van der Waals surface area contributed by atoms with Crippen molar-refractivity contribution < 1.29 is 38.6 Å². The number of likely N-dealkylation sites (N-methyl/N-ethyl adjacent to an activating group) is 1. The van der Waals surface area contributed by atoms with E-state index in [1.165, 1.54) is 0 Å². The van der Waals surface area contributed by atoms with E-state index in [4.69, 9.17) is 9.47 Å². The molecule has 0 aromatic heterocycles. The number of carbonyl (C=O) groups is 5. The van der Waals surface area contributed by atoms with Crippen molar-refractivity contribution in [2.24, 2.45) is 41.4 Å². The fourth-order valence-electron chi connectivity index (χ4n) is 10.1. The Morgan fingerprint density at radius 2 is 1.57 bits per heavy atom. The summed E-state index contributed by atoms with van der Waals surface area (Å²) in [6.45, 7) is 20.0. The van der Waals surface area contributed by atoms with Crippen LogP contribution in [0.3, 0.4) is 0 Å². The number of methoxy groups -OCH3 is 1. The summed E-state index contributed by atoms with van der Waals surface area (Å²) in [6, 6.07) is 8.25. The summed E-state index contributed by atoms with van der Waals surface area (Å²) in [5, 5.41) is 10.9. The molecule has 2 heterocycles. The number of hydrogen-bond acceptors (Lipinski definition) is 8. The van der Waals surface area contributed by atoms with Crippen LogP contribution in [0.15, 0.2) is 30.3 Å². The number of carbonyl (C=O) groups excluding carboxylic acids is 5. The highest BCUT2D eigenvalue weighted by Crippen LogP contribution is 2.44. The second-order valence-electron chi connectivity index (χ2n) is 19.3. The smallest absolute Gasteiger partial charge is 0.411 e. The molecule has 3 amide bonds. The van der Waals surface area contributed by atoms with Gasteiger partial charge in [-0.25, -0.2) is 4.79 Å². The van der Waals surface area contributed by atoms with Crippen LogP contribution in [0.25, 0.3) is 0 Å². The largest absolute Gasteiger partial charge is 0.444 e. The van der Waals surface area contributed by atoms with Gasteiger partial charge in [0.05, 0.1) is 30.7 Å². The lowest BCUT2D eigenvalue weighted by Crippen LogP contribution is -2.54. The lowest BCUT2D eigenvalue weighted by Gasteiger charge is -2.41. The zero-order chi connectivity index (χ0) is 43.2. The van der Waals surface area contributed by atoms with Crippen molar-refractivity contribution in [2.75, 3.05) is 20.7 Å². The minimum Gasteiger partial charge on any atom is -0.444 e. The number of benzene rings is 1. The molecule has 2 saturated heterocycles. The van der Waals surface area contributed by atoms with E-state index in [1.54, 1.807) is 24.0 Å². The van der Waals surface area contributed by atoms with Crippen LogP contribution >= 0.6 is 0 Å². The number of nitrogens with zero attached hydrogens (tertiary/aromatic N) is 3. The number of aliphatic hydroxyl groups is 1. The van der Waals surface area contributed by atoms with Crippen LogP contribution < -0.4 is 0 Å². The Morgan fingerprint density at radius 1 is 0.914 bits per heavy atom. The van der Waals surface area contributed by atoms with Crippen molar-refractivity contribution >= 4 is 29.5 Å². The van der Waals surface area contributed by atoms with Gasteiger partial charge in [0.15, 0.2) is 5.78 Å². The second kappa shape index (κ2) is 20.3. The first-order valence-corrected chi connectivity index (χ1v) is 22.1. The number of ketones is 2. The van der Waals surface area contributed by atoms with Gasteiger partial charge < -0.3 is 24.4 Å². The lowest BCUT2D eigenvalue weighted by molar-refractivity contribution is -0.148. The van der Waals surface area contributed by atoms with E-state index in [-0.39, 0.29) is 90.2 Å². The van der Waals surface area contributed by atoms with Gasteiger partial charge in [0.1, 0.15) is 11.4 Å². The van der Waals surface area contributed by atoms with E-state index in [1.807, 2.05) is 83.7 Å². The molecule has 3 aliphatic rings. The maximum atomic E-state index is 14.6. The van der Waals surface area contributed by atoms with Gasteiger partial charge in [0.25, 0.3) is 0 Å². The van der Waals surface area contributed by atoms with Crippen molar-refractivity contribution in [1.29, 1.82) is 0 Å². The number of fused-ring (bicyclic) bond motifs is 2. The molecule has 0 radical (unpaired) electrons. The molecule has 1 aromatic rings. The van der Waals surface area contributed by atoms with E-state index < -0.39 is 41.9 Å². The third-order valence-electron chi connectivity index (χ3n) is 13.9. The van der Waals surface area contributed by atoms with Crippen LogP contribution in [0.2, 0.25) is 0 Å². The molecule has 326 valence electrons. The minimum atomic E-state index is -0.736. The van der Waals surface area contributed by atoms with Gasteiger partial charge in [0.2, 0.25) is 11.8 Å². The van der Waals surface area contributed by atoms with Gasteiger partial charge in [0, 0.05) is 57.5 Å². The Balaban J connectivity index is 1.45. The molecular weight excluding hydrogens is 735 g/mol. The van der Waals surface area contributed by atoms with Crippen LogP contribution in [0, 0.1) is 41.4 Å². The molecule has 11 nitrogen and oxygen atoms in total. The zero-order valence-corrected chi connectivity index (χ0v) is 37.6. The van der Waals surface area contributed by atoms with E-state index in [2.05, 4.69) is 20.8 Å². The topological polar surface area (TPSA) is 134 Å². The summed E-state index contributed by atoms with van der Waals surface area (Å²) in [6.07, 6.45) is 3.45. The number of likely N-dealkylation sites (tertiary alicyclic amines) is 2. The van der Waals surface area contributed by atoms with Crippen LogP contribution in [-0.4, -0.2) is 106 Å². The molecule has 1 aromatic carbocycles. The molecule has 12 atom stereocenters. The fraction of sp³-hybridized carbons (Fsp3) is 0.766. The highest BCUT2D eigenvalue weighted by atomic mass is 16.6. The highest BCUT2D eigenvalue weighted by molar-refractivity contribution is 5.93. The molecule has 0 unspecified atom stereocenters. The minimum absolute atomic E-state index is 0.0115. The number of hydrogen-bond donors (Lipinski definition) is 1. The molecule has 1 aliphatic carbocycles. The number of ether oxygens (including phenoxy) is 2. The molecule has 1 N–H and O–H groups in total. The first-order chi connectivity index (χ1) is 27.2. The summed E-state index contributed by atoms with van der Waals surface area (Å²) < 4.78 is 11.8. The summed E-state index contributed by atoms with van der Waals surface area (Å²) in [5.74, 6) is -1.57. The quantitative estimate of drug-likeness (QED) is 0.149. The number of aliphatic hydroxyl groups excluding tert-OH is 1. The molecule has 1 saturated carbocycles. The van der Waals surface area contributed by atoms with Crippen LogP contribution in [-0.2, 0) is 28.7 Å². The van der Waals surface area contributed by atoms with Gasteiger partial charge >= 0.3 is 6.09 Å². The van der Waals surface area contributed by atoms with Crippen LogP contribution in [0.1, 0.15) is 139 Å². The van der Waals surface area contributed by atoms with Gasteiger partial charge in [-0.2, -0.15) is 0 Å². The third kappa shape index (κ3) is 11.1. The predicted octanol–water partition coefficient (Wildman–Crippen LogP) is 7.88. The standard InChI is InChI=1S/C47H75N3O8/c1-13-29(4)42(48(11)45(55)36(28(2)3)26-39(52)43-34-21-22-35(25-34)50(43)46(56)58-47(8,9)10)40(57-12)27-41(53)49-23-17-20-37(49)31(6)32(7)38(51)24-30(5)44(54)33-18-15-14-16-19-33/h14-16,18-19,28-32,34-37,40,42-44,54H,13,17,20-27H2,1-12H3/t29-,30-,31+,32+,34-,35+,36-,37-,40+,42-,43-,44+/m0/s1. The van der Waals surface area contributed by atoms with Crippen LogP contribution in [0.4, 0.5) is 4.79 Å². The Kier molecular flexibility index (Phi) is 16.6. The maximum absolute atomic E-state index is 14.6. The van der Waals surface area contributed by atoms with Crippen LogP contribution in [0.5, 0.6) is 0 Å². The van der Waals surface area contributed by atoms with Gasteiger partial charge in [-0.3, -0.25) is 24.1 Å². The summed E-state index contributed by atoms with van der Waals surface area (Å²) >= 11 is 0. The van der Waals surface area contributed by atoms with E-state index in [9.17, 15) is 29.1 Å². The maximum Gasteiger partial charge on any atom is 0.411 e. The molecule has 3 fully saturated rings. The van der Waals surface area contributed by atoms with Crippen molar-refractivity contribution in [3.63, 3.8) is 0 Å². The SMILES string of the molecule is CC[C@H](C)[C@@H]([C@@H](CC(=O)N1CCC[C@H]1[C@H](C)[C@@H](C)C(=O)C[C@H](C)[C@@H](O)c1ccccc1)OC)N(C)C(=O)[C@@H](CC(=O)[C@@H]1[C@H]2CC[C@H](C2)N1C(=O)OC(C)(C)C)C(C)C. The summed E-state index contributed by atoms with van der Waals surface area (Å²) in [4.78, 5) is 75.2. The third-order valence-corrected chi connectivity index (χ3v) is 13.9. The van der Waals surface area contributed by atoms with Crippen molar-refractivity contribution in [2.45, 2.75) is 169 Å². The van der Waals surface area contributed by atoms with Crippen molar-refractivity contribution in [3.8, 4) is 0 Å². The Hall–Kier alpha value is -3.31. The average molecular weight is 810 g/mol. The molecule has 2 bridgehead atoms. The van der Waals surface area contributed by atoms with Crippen molar-refractivity contribution in [3.05, 3.63) is 35.9 Å². The van der Waals surface area contributed by atoms with Gasteiger partial charge in [-0.15, -0.1) is 0 Å². The lowest BCUT2D eigenvalue weighted by atomic mass is 9.81. The molecular formula is C47H75N3O8. The summed E-state index contributed by atoms with van der Waals surface area (Å²) in [7, 11) is 3.36. The van der Waals surface area contributed by atoms with Gasteiger partial charge in [-0.05, 0) is 88.0 Å². The Bertz CT molecular complexity index is 1560. The second-order valence-corrected chi connectivity index (χ2v) is 19.3. The zero-order valence-electron chi connectivity index (χ0n) is 37.6. The Labute approximate surface area is 348 Å². The number of amides is 3. The van der Waals surface area contributed by atoms with E-state index >= 15 is 0 Å². The number of rotatable bonds is 19. The monoisotopic (exact) mass is 810 g/mol. The molecule has 58 heavy (non-hydrogen) atoms. The van der Waals surface area contributed by atoms with Gasteiger partial charge in [-0.1, -0.05) is 85.2 Å². The summed E-state index contributed by atoms with van der Waals surface area (Å²) in [5.41, 5.74) is 0.108. The van der Waals surface area contributed by atoms with Crippen molar-refractivity contribution in [1.82, 2.24) is 14.7 Å². The first-order valence-electron chi connectivity index (χ1n) is 22.1. The number of Topliss-reactive ketones (excluding diaryl/α,β-unsaturated/α-hetero) is 2. The fourth-order valence-corrected chi connectivity index (χ4v) is 10.1. The molecule has 0 spiro atoms. The van der Waals surface area contributed by atoms with E-state index in [0.29, 0.717) is 6.54 Å². The normalized spacial score (nSPS) is 24.8. The molecule has 2 aliphatic heterocycles. The number of piperidine rings is 1. The first kappa shape index (κ1) is 47.4. The van der Waals surface area contributed by atoms with E-state index in [0.717, 1.165) is 44.1 Å². The Morgan fingerprint density at radius 3 is 2.16 bits per heavy atom. The molecule has 4 rings (SSSR count). The molecule has 11 heteroatoms.